The van der Waals surface area contributed by atoms with Crippen molar-refractivity contribution in [3.63, 3.8) is 0 Å². The molecule has 2 aliphatic rings. The summed E-state index contributed by atoms with van der Waals surface area (Å²) < 4.78 is 17.1. The molecular weight excluding hydrogens is 460 g/mol. The van der Waals surface area contributed by atoms with Gasteiger partial charge >= 0.3 is 12.1 Å². The van der Waals surface area contributed by atoms with Gasteiger partial charge in [0, 0.05) is 19.6 Å². The van der Waals surface area contributed by atoms with E-state index >= 15 is 0 Å². The number of esters is 1. The zero-order valence-corrected chi connectivity index (χ0v) is 22.9. The van der Waals surface area contributed by atoms with E-state index in [1.807, 2.05) is 51.1 Å². The van der Waals surface area contributed by atoms with Crippen molar-refractivity contribution in [1.82, 2.24) is 10.2 Å². The van der Waals surface area contributed by atoms with Gasteiger partial charge in [-0.15, -0.1) is 0 Å². The summed E-state index contributed by atoms with van der Waals surface area (Å²) in [5, 5.41) is 2.90. The molecule has 0 radical (unpaired) electrons. The predicted molar refractivity (Wildman–Crippen MR) is 136 cm³/mol. The number of methoxy groups -OCH3 is 1. The number of rotatable bonds is 8. The average molecular weight is 503 g/mol. The molecule has 8 heteroatoms. The van der Waals surface area contributed by atoms with Crippen molar-refractivity contribution in [1.29, 1.82) is 0 Å². The second-order valence-electron chi connectivity index (χ2n) is 12.0. The molecule has 1 aromatic carbocycles. The highest BCUT2D eigenvalue weighted by Crippen LogP contribution is 2.50. The number of nitrogens with one attached hydrogen (secondary N) is 1. The van der Waals surface area contributed by atoms with Crippen LogP contribution in [0, 0.1) is 11.8 Å². The van der Waals surface area contributed by atoms with Gasteiger partial charge in [-0.3, -0.25) is 9.69 Å². The van der Waals surface area contributed by atoms with Gasteiger partial charge < -0.3 is 19.5 Å². The first-order chi connectivity index (χ1) is 16.7. The van der Waals surface area contributed by atoms with Crippen molar-refractivity contribution < 1.29 is 28.6 Å². The van der Waals surface area contributed by atoms with Gasteiger partial charge in [0.15, 0.2) is 0 Å². The van der Waals surface area contributed by atoms with Crippen LogP contribution in [0.5, 0.6) is 0 Å². The number of ether oxygens (including phenoxy) is 3. The zero-order valence-electron chi connectivity index (χ0n) is 22.9. The molecule has 2 fully saturated rings. The lowest BCUT2D eigenvalue weighted by molar-refractivity contribution is -0.159. The smallest absolute Gasteiger partial charge is 0.410 e. The Hall–Kier alpha value is -2.61. The van der Waals surface area contributed by atoms with E-state index in [-0.39, 0.29) is 24.1 Å². The lowest BCUT2D eigenvalue weighted by Crippen LogP contribution is -2.54. The Kier molecular flexibility index (Phi) is 8.38. The summed E-state index contributed by atoms with van der Waals surface area (Å²) in [5.74, 6) is -1.01. The summed E-state index contributed by atoms with van der Waals surface area (Å²) in [5.41, 5.74) is -0.384. The first-order valence-electron chi connectivity index (χ1n) is 12.8. The van der Waals surface area contributed by atoms with Crippen molar-refractivity contribution in [2.24, 2.45) is 11.8 Å². The van der Waals surface area contributed by atoms with E-state index in [0.29, 0.717) is 12.3 Å². The lowest BCUT2D eigenvalue weighted by atomic mass is 9.93. The predicted octanol–water partition coefficient (Wildman–Crippen LogP) is 4.10. The highest BCUT2D eigenvalue weighted by molar-refractivity contribution is 5.86. The third-order valence-electron chi connectivity index (χ3n) is 6.60. The monoisotopic (exact) mass is 502 g/mol. The van der Waals surface area contributed by atoms with Gasteiger partial charge in [-0.05, 0) is 65.9 Å². The number of likely N-dealkylation sites (tertiary alicyclic amines) is 1. The standard InChI is InChI=1S/C28H42N2O6/c1-17(23(34-8)22-16-19-15-21(19)30(22)26(33)36-28(5,6)7)24(31)29-20(25(32)35-27(2,3)4)14-18-12-10-9-11-13-18/h9-13,17,19-23H,14-16H2,1-8H3,(H,29,31)/t17-,19?,20+,21?,22?,23-/m1/s1. The van der Waals surface area contributed by atoms with Crippen LogP contribution >= 0.6 is 0 Å². The van der Waals surface area contributed by atoms with E-state index in [9.17, 15) is 14.4 Å². The molecule has 3 rings (SSSR count). The second kappa shape index (κ2) is 10.8. The van der Waals surface area contributed by atoms with E-state index in [2.05, 4.69) is 5.32 Å². The molecule has 0 aromatic heterocycles. The average Bonchev–Trinajstić information content (AvgIpc) is 3.41. The molecular formula is C28H42N2O6. The number of hydrogen-bond acceptors (Lipinski definition) is 6. The molecule has 0 spiro atoms. The minimum absolute atomic E-state index is 0.130. The van der Waals surface area contributed by atoms with E-state index in [4.69, 9.17) is 14.2 Å². The Bertz CT molecular complexity index is 936. The summed E-state index contributed by atoms with van der Waals surface area (Å²) in [4.78, 5) is 41.2. The molecule has 1 heterocycles. The first-order valence-corrected chi connectivity index (χ1v) is 12.8. The Morgan fingerprint density at radius 2 is 1.61 bits per heavy atom. The van der Waals surface area contributed by atoms with Crippen LogP contribution in [0.4, 0.5) is 4.79 Å². The van der Waals surface area contributed by atoms with Crippen LogP contribution in [-0.4, -0.2) is 65.4 Å². The van der Waals surface area contributed by atoms with Gasteiger partial charge in [0.2, 0.25) is 5.91 Å². The Balaban J connectivity index is 1.75. The maximum absolute atomic E-state index is 13.4. The van der Waals surface area contributed by atoms with Gasteiger partial charge in [0.05, 0.1) is 18.1 Å². The molecule has 200 valence electrons. The number of hydrogen-bond donors (Lipinski definition) is 1. The van der Waals surface area contributed by atoms with Crippen LogP contribution in [0.3, 0.4) is 0 Å². The normalized spacial score (nSPS) is 23.8. The van der Waals surface area contributed by atoms with Crippen LogP contribution in [0.15, 0.2) is 30.3 Å². The molecule has 2 amide bonds. The van der Waals surface area contributed by atoms with Gasteiger partial charge in [0.25, 0.3) is 0 Å². The summed E-state index contributed by atoms with van der Waals surface area (Å²) in [7, 11) is 1.56. The van der Waals surface area contributed by atoms with Gasteiger partial charge in [0.1, 0.15) is 17.2 Å². The van der Waals surface area contributed by atoms with Gasteiger partial charge in [-0.25, -0.2) is 9.59 Å². The van der Waals surface area contributed by atoms with Crippen LogP contribution in [0.1, 0.15) is 66.9 Å². The summed E-state index contributed by atoms with van der Waals surface area (Å²) in [6, 6.07) is 8.51. The minimum Gasteiger partial charge on any atom is -0.458 e. The quantitative estimate of drug-likeness (QED) is 0.538. The van der Waals surface area contributed by atoms with Crippen molar-refractivity contribution in [3.8, 4) is 0 Å². The number of carbonyl (C=O) groups excluding carboxylic acids is 3. The van der Waals surface area contributed by atoms with Gasteiger partial charge in [-0.1, -0.05) is 37.3 Å². The molecule has 8 nitrogen and oxygen atoms in total. The van der Waals surface area contributed by atoms with Crippen LogP contribution < -0.4 is 5.32 Å². The molecule has 0 bridgehead atoms. The maximum Gasteiger partial charge on any atom is 0.410 e. The van der Waals surface area contributed by atoms with Crippen LogP contribution in [0.25, 0.3) is 0 Å². The molecule has 1 saturated carbocycles. The number of piperidine rings is 1. The topological polar surface area (TPSA) is 94.2 Å². The molecule has 1 aliphatic carbocycles. The van der Waals surface area contributed by atoms with Crippen molar-refractivity contribution in [2.75, 3.05) is 7.11 Å². The van der Waals surface area contributed by atoms with E-state index in [1.165, 1.54) is 0 Å². The SMILES string of the molecule is CO[C@@H](C1CC2CC2N1C(=O)OC(C)(C)C)[C@@H](C)C(=O)N[C@@H](Cc1ccccc1)C(=O)OC(C)(C)C. The fraction of sp³-hybridized carbons (Fsp3) is 0.679. The largest absolute Gasteiger partial charge is 0.458 e. The van der Waals surface area contributed by atoms with Crippen LogP contribution in [-0.2, 0) is 30.2 Å². The van der Waals surface area contributed by atoms with E-state index in [0.717, 1.165) is 18.4 Å². The van der Waals surface area contributed by atoms with E-state index < -0.39 is 35.2 Å². The highest BCUT2D eigenvalue weighted by Gasteiger charge is 2.58. The Morgan fingerprint density at radius 1 is 1.00 bits per heavy atom. The Morgan fingerprint density at radius 3 is 2.17 bits per heavy atom. The summed E-state index contributed by atoms with van der Waals surface area (Å²) in [6.45, 7) is 12.7. The molecule has 1 N–H and O–H groups in total. The first kappa shape index (κ1) is 28.0. The number of nitrogens with zero attached hydrogens (tertiary/aromatic N) is 1. The third-order valence-corrected chi connectivity index (χ3v) is 6.60. The highest BCUT2D eigenvalue weighted by atomic mass is 16.6. The molecule has 6 atom stereocenters. The van der Waals surface area contributed by atoms with E-state index in [1.54, 1.807) is 39.7 Å². The maximum atomic E-state index is 13.4. The summed E-state index contributed by atoms with van der Waals surface area (Å²) >= 11 is 0. The number of fused-ring (bicyclic) bond motifs is 1. The van der Waals surface area contributed by atoms with Crippen LogP contribution in [0.2, 0.25) is 0 Å². The third kappa shape index (κ3) is 7.21. The molecule has 3 unspecified atom stereocenters. The fourth-order valence-electron chi connectivity index (χ4n) is 4.94. The number of benzene rings is 1. The van der Waals surface area contributed by atoms with Gasteiger partial charge in [-0.2, -0.15) is 0 Å². The molecule has 1 aliphatic heterocycles. The zero-order chi connectivity index (χ0) is 26.8. The van der Waals surface area contributed by atoms with Crippen molar-refractivity contribution >= 4 is 18.0 Å². The number of carbonyl (C=O) groups is 3. The summed E-state index contributed by atoms with van der Waals surface area (Å²) in [6.07, 6.45) is 1.11. The lowest BCUT2D eigenvalue weighted by Gasteiger charge is -2.36. The second-order valence-corrected chi connectivity index (χ2v) is 12.0. The number of amides is 2. The fourth-order valence-corrected chi connectivity index (χ4v) is 4.94. The minimum atomic E-state index is -0.849. The van der Waals surface area contributed by atoms with Crippen molar-refractivity contribution in [2.45, 2.75) is 103 Å². The molecule has 1 aromatic rings. The Labute approximate surface area is 215 Å². The van der Waals surface area contributed by atoms with Crippen molar-refractivity contribution in [3.05, 3.63) is 35.9 Å². The molecule has 36 heavy (non-hydrogen) atoms. The molecule has 1 saturated heterocycles.